The number of rotatable bonds is 14. The first-order chi connectivity index (χ1) is 18.0. The zero-order valence-corrected chi connectivity index (χ0v) is 20.9. The van der Waals surface area contributed by atoms with Crippen LogP contribution >= 0.6 is 0 Å². The summed E-state index contributed by atoms with van der Waals surface area (Å²) < 4.78 is 5.27. The lowest BCUT2D eigenvalue weighted by molar-refractivity contribution is -0.137. The Labute approximate surface area is 218 Å². The number of carboxylic acid groups (broad SMARTS) is 1. The van der Waals surface area contributed by atoms with Gasteiger partial charge in [-0.25, -0.2) is 4.79 Å². The average Bonchev–Trinajstić information content (AvgIpc) is 2.86. The van der Waals surface area contributed by atoms with Crippen molar-refractivity contribution < 1.29 is 28.7 Å². The highest BCUT2D eigenvalue weighted by atomic mass is 16.4. The van der Waals surface area contributed by atoms with Crippen molar-refractivity contribution in [3.8, 4) is 0 Å². The summed E-state index contributed by atoms with van der Waals surface area (Å²) in [6, 6.07) is 5.30. The molecule has 14 nitrogen and oxygen atoms in total. The van der Waals surface area contributed by atoms with Crippen molar-refractivity contribution in [3.63, 3.8) is 0 Å². The molecule has 0 aliphatic rings. The molecule has 3 amide bonds. The Morgan fingerprint density at radius 2 is 1.76 bits per heavy atom. The molecular formula is C24H33N7O7. The first-order valence-electron chi connectivity index (χ1n) is 11.9. The van der Waals surface area contributed by atoms with Crippen LogP contribution in [0.15, 0.2) is 39.5 Å². The van der Waals surface area contributed by atoms with E-state index < -0.39 is 47.4 Å². The molecule has 2 aromatic rings. The average molecular weight is 532 g/mol. The van der Waals surface area contributed by atoms with E-state index in [9.17, 15) is 24.0 Å². The van der Waals surface area contributed by atoms with Gasteiger partial charge in [0.2, 0.25) is 17.7 Å². The molecule has 10 N–H and O–H groups in total. The van der Waals surface area contributed by atoms with Crippen molar-refractivity contribution in [2.24, 2.45) is 11.5 Å². The number of carbonyl (C=O) groups excluding carboxylic acids is 3. The second kappa shape index (κ2) is 14.3. The lowest BCUT2D eigenvalue weighted by Crippen LogP contribution is -2.54. The Balaban J connectivity index is 2.03. The third-order valence-electron chi connectivity index (χ3n) is 5.54. The van der Waals surface area contributed by atoms with E-state index in [4.69, 9.17) is 26.4 Å². The van der Waals surface area contributed by atoms with E-state index >= 15 is 0 Å². The minimum atomic E-state index is -1.12. The molecule has 1 aromatic heterocycles. The van der Waals surface area contributed by atoms with Crippen molar-refractivity contribution in [3.05, 3.63) is 46.3 Å². The van der Waals surface area contributed by atoms with Crippen LogP contribution in [0.4, 0.5) is 0 Å². The molecular weight excluding hydrogens is 498 g/mol. The number of para-hydroxylation sites is 1. The highest BCUT2D eigenvalue weighted by molar-refractivity contribution is 5.93. The third kappa shape index (κ3) is 9.54. The third-order valence-corrected chi connectivity index (χ3v) is 5.54. The molecule has 38 heavy (non-hydrogen) atoms. The molecule has 0 unspecified atom stereocenters. The topological polar surface area (TPSA) is 243 Å². The van der Waals surface area contributed by atoms with Crippen LogP contribution in [0.1, 0.15) is 38.2 Å². The van der Waals surface area contributed by atoms with E-state index in [0.717, 1.165) is 0 Å². The quantitative estimate of drug-likeness (QED) is 0.0630. The SMILES string of the molecule is C[C@H](NC(=O)[C@@H](N)CCC(=O)O)C(=O)N[C@@H](CCCNC(=N)N)C(=O)NCc1cc2ccccc2oc1=O. The van der Waals surface area contributed by atoms with E-state index in [1.807, 2.05) is 0 Å². The number of hydrogen-bond donors (Lipinski definition) is 8. The fourth-order valence-electron chi connectivity index (χ4n) is 3.42. The molecule has 0 fully saturated rings. The van der Waals surface area contributed by atoms with E-state index in [2.05, 4.69) is 21.3 Å². The Hall–Kier alpha value is -4.46. The van der Waals surface area contributed by atoms with Gasteiger partial charge in [0.1, 0.15) is 17.7 Å². The first kappa shape index (κ1) is 29.8. The van der Waals surface area contributed by atoms with Crippen LogP contribution in [0.3, 0.4) is 0 Å². The number of hydrogen-bond acceptors (Lipinski definition) is 8. The number of nitrogens with one attached hydrogen (secondary N) is 5. The lowest BCUT2D eigenvalue weighted by atomic mass is 10.1. The van der Waals surface area contributed by atoms with Gasteiger partial charge in [-0.05, 0) is 38.3 Å². The zero-order valence-electron chi connectivity index (χ0n) is 20.9. The van der Waals surface area contributed by atoms with E-state index in [1.165, 1.54) is 6.92 Å². The Bertz CT molecular complexity index is 1230. The lowest BCUT2D eigenvalue weighted by Gasteiger charge is -2.22. The Morgan fingerprint density at radius 1 is 1.05 bits per heavy atom. The second-order valence-corrected chi connectivity index (χ2v) is 8.63. The molecule has 2 rings (SSSR count). The van der Waals surface area contributed by atoms with Crippen LogP contribution in [0.2, 0.25) is 0 Å². The monoisotopic (exact) mass is 531 g/mol. The van der Waals surface area contributed by atoms with Gasteiger partial charge in [-0.15, -0.1) is 0 Å². The fourth-order valence-corrected chi connectivity index (χ4v) is 3.42. The molecule has 1 aromatic carbocycles. The molecule has 1 heterocycles. The summed E-state index contributed by atoms with van der Waals surface area (Å²) in [6.07, 6.45) is 0.105. The van der Waals surface area contributed by atoms with Gasteiger partial charge in [-0.1, -0.05) is 18.2 Å². The summed E-state index contributed by atoms with van der Waals surface area (Å²) in [4.78, 5) is 60.8. The van der Waals surface area contributed by atoms with Crippen LogP contribution in [0.25, 0.3) is 11.0 Å². The van der Waals surface area contributed by atoms with Gasteiger partial charge in [0.25, 0.3) is 0 Å². The zero-order chi connectivity index (χ0) is 28.2. The summed E-state index contributed by atoms with van der Waals surface area (Å²) >= 11 is 0. The van der Waals surface area contributed by atoms with Crippen LogP contribution in [-0.2, 0) is 25.7 Å². The first-order valence-corrected chi connectivity index (χ1v) is 11.9. The predicted molar refractivity (Wildman–Crippen MR) is 138 cm³/mol. The van der Waals surface area contributed by atoms with Crippen molar-refractivity contribution in [2.45, 2.75) is 57.3 Å². The summed E-state index contributed by atoms with van der Waals surface area (Å²) in [6.45, 7) is 1.52. The summed E-state index contributed by atoms with van der Waals surface area (Å²) in [5.41, 5.74) is 11.0. The molecule has 0 radical (unpaired) electrons. The molecule has 0 aliphatic heterocycles. The van der Waals surface area contributed by atoms with Crippen molar-refractivity contribution in [1.82, 2.24) is 21.3 Å². The van der Waals surface area contributed by atoms with Gasteiger partial charge in [0.05, 0.1) is 18.2 Å². The minimum Gasteiger partial charge on any atom is -0.481 e. The number of amides is 3. The number of nitrogens with two attached hydrogens (primary N) is 2. The van der Waals surface area contributed by atoms with Crippen LogP contribution in [-0.4, -0.2) is 59.4 Å². The molecule has 0 saturated heterocycles. The maximum absolute atomic E-state index is 12.9. The number of benzene rings is 1. The van der Waals surface area contributed by atoms with Crippen molar-refractivity contribution >= 4 is 40.6 Å². The summed E-state index contributed by atoms with van der Waals surface area (Å²) in [5, 5.41) is 26.8. The molecule has 0 bridgehead atoms. The predicted octanol–water partition coefficient (Wildman–Crippen LogP) is -1.15. The number of guanidine groups is 1. The highest BCUT2D eigenvalue weighted by Crippen LogP contribution is 2.12. The summed E-state index contributed by atoms with van der Waals surface area (Å²) in [7, 11) is 0. The van der Waals surface area contributed by atoms with Crippen molar-refractivity contribution in [1.29, 1.82) is 5.41 Å². The molecule has 14 heteroatoms. The second-order valence-electron chi connectivity index (χ2n) is 8.63. The normalized spacial score (nSPS) is 13.1. The van der Waals surface area contributed by atoms with Gasteiger partial charge in [0, 0.05) is 18.4 Å². The Kier molecular flexibility index (Phi) is 11.2. The minimum absolute atomic E-state index is 0.105. The van der Waals surface area contributed by atoms with Crippen LogP contribution in [0.5, 0.6) is 0 Å². The molecule has 0 saturated carbocycles. The Morgan fingerprint density at radius 3 is 2.45 bits per heavy atom. The maximum Gasteiger partial charge on any atom is 0.341 e. The molecule has 0 aliphatic carbocycles. The molecule has 3 atom stereocenters. The number of carbonyl (C=O) groups is 4. The number of carboxylic acids is 1. The summed E-state index contributed by atoms with van der Waals surface area (Å²) in [5.74, 6) is -3.30. The van der Waals surface area contributed by atoms with Gasteiger partial charge in [-0.2, -0.15) is 0 Å². The van der Waals surface area contributed by atoms with Crippen LogP contribution in [0, 0.1) is 5.41 Å². The number of aliphatic carboxylic acids is 1. The van der Waals surface area contributed by atoms with Crippen molar-refractivity contribution in [2.75, 3.05) is 6.54 Å². The van der Waals surface area contributed by atoms with E-state index in [-0.39, 0.29) is 43.9 Å². The van der Waals surface area contributed by atoms with E-state index in [0.29, 0.717) is 17.4 Å². The van der Waals surface area contributed by atoms with Gasteiger partial charge in [-0.3, -0.25) is 24.6 Å². The largest absolute Gasteiger partial charge is 0.481 e. The van der Waals surface area contributed by atoms with E-state index in [1.54, 1.807) is 30.3 Å². The maximum atomic E-state index is 12.9. The molecule has 206 valence electrons. The highest BCUT2D eigenvalue weighted by Gasteiger charge is 2.26. The standard InChI is InChI=1S/C24H33N7O7/c1-13(30-21(35)16(25)8-9-19(32)33)20(34)31-17(6-4-10-28-24(26)27)22(36)29-12-15-11-14-5-2-3-7-18(14)38-23(15)37/h2-3,5,7,11,13,16-17H,4,6,8-10,12,25H2,1H3,(H,29,36)(H,30,35)(H,31,34)(H,32,33)(H4,26,27,28)/t13-,16-,17-/m0/s1. The number of fused-ring (bicyclic) bond motifs is 1. The smallest absolute Gasteiger partial charge is 0.341 e. The van der Waals surface area contributed by atoms with Gasteiger partial charge >= 0.3 is 11.6 Å². The van der Waals surface area contributed by atoms with Gasteiger partial charge in [0.15, 0.2) is 5.96 Å². The molecule has 0 spiro atoms. The van der Waals surface area contributed by atoms with Gasteiger partial charge < -0.3 is 42.3 Å². The van der Waals surface area contributed by atoms with Crippen LogP contribution < -0.4 is 38.4 Å². The fraction of sp³-hybridized carbons (Fsp3) is 0.417.